The highest BCUT2D eigenvalue weighted by Crippen LogP contribution is 2.63. The van der Waals surface area contributed by atoms with E-state index in [1.807, 2.05) is 6.92 Å². The summed E-state index contributed by atoms with van der Waals surface area (Å²) in [5, 5.41) is 31.3. The van der Waals surface area contributed by atoms with Crippen LogP contribution in [0, 0.1) is 28.1 Å². The van der Waals surface area contributed by atoms with Crippen molar-refractivity contribution < 1.29 is 24.9 Å². The number of esters is 1. The maximum atomic E-state index is 11.1. The van der Waals surface area contributed by atoms with Crippen LogP contribution in [0.3, 0.4) is 0 Å². The Morgan fingerprint density at radius 1 is 1.30 bits per heavy atom. The summed E-state index contributed by atoms with van der Waals surface area (Å²) in [6, 6.07) is 0. The van der Waals surface area contributed by atoms with Crippen LogP contribution in [-0.2, 0) is 9.53 Å². The van der Waals surface area contributed by atoms with E-state index in [4.69, 9.17) is 4.74 Å². The number of ether oxygens (including phenoxy) is 1. The molecule has 0 bridgehead atoms. The van der Waals surface area contributed by atoms with Gasteiger partial charge in [-0.05, 0) is 61.2 Å². The van der Waals surface area contributed by atoms with E-state index in [0.29, 0.717) is 18.3 Å². The van der Waals surface area contributed by atoms with Crippen LogP contribution < -0.4 is 0 Å². The fourth-order valence-electron chi connectivity index (χ4n) is 6.63. The molecule has 5 heteroatoms. The summed E-state index contributed by atoms with van der Waals surface area (Å²) in [6.07, 6.45) is 6.39. The van der Waals surface area contributed by atoms with Crippen LogP contribution in [0.5, 0.6) is 0 Å². The van der Waals surface area contributed by atoms with Crippen molar-refractivity contribution in [1.82, 2.24) is 0 Å². The normalized spacial score (nSPS) is 45.3. The van der Waals surface area contributed by atoms with Gasteiger partial charge in [-0.2, -0.15) is 0 Å². The van der Waals surface area contributed by atoms with Crippen molar-refractivity contribution in [3.05, 3.63) is 11.6 Å². The Labute approximate surface area is 162 Å². The SMILES string of the molecule is CC(=O)OCC(O)[C@]1(C)C=C2CCC3C(C)(C[C@H](O)C[C@@]3(C)CO)C2CC1. The Balaban J connectivity index is 1.86. The topological polar surface area (TPSA) is 87.0 Å². The maximum absolute atomic E-state index is 11.1. The van der Waals surface area contributed by atoms with E-state index < -0.39 is 11.5 Å². The van der Waals surface area contributed by atoms with Crippen LogP contribution in [0.4, 0.5) is 0 Å². The second-order valence-electron chi connectivity index (χ2n) is 10.1. The first-order valence-corrected chi connectivity index (χ1v) is 10.4. The van der Waals surface area contributed by atoms with Gasteiger partial charge in [0.2, 0.25) is 0 Å². The number of aliphatic hydroxyl groups excluding tert-OH is 3. The lowest BCUT2D eigenvalue weighted by Crippen LogP contribution is -2.56. The molecule has 0 aliphatic heterocycles. The summed E-state index contributed by atoms with van der Waals surface area (Å²) in [5.74, 6) is 0.411. The first kappa shape index (κ1) is 20.8. The smallest absolute Gasteiger partial charge is 0.302 e. The Bertz CT molecular complexity index is 616. The summed E-state index contributed by atoms with van der Waals surface area (Å²) in [6.45, 7) is 7.98. The van der Waals surface area contributed by atoms with E-state index in [9.17, 15) is 20.1 Å². The molecule has 2 saturated carbocycles. The lowest BCUT2D eigenvalue weighted by molar-refractivity contribution is -0.147. The average Bonchev–Trinajstić information content (AvgIpc) is 2.58. The van der Waals surface area contributed by atoms with E-state index in [1.54, 1.807) is 0 Å². The third-order valence-electron chi connectivity index (χ3n) is 8.03. The molecule has 3 N–H and O–H groups in total. The maximum Gasteiger partial charge on any atom is 0.302 e. The van der Waals surface area contributed by atoms with E-state index >= 15 is 0 Å². The van der Waals surface area contributed by atoms with Gasteiger partial charge in [0, 0.05) is 18.9 Å². The molecule has 0 aromatic rings. The van der Waals surface area contributed by atoms with Crippen molar-refractivity contribution in [3.8, 4) is 0 Å². The Morgan fingerprint density at radius 3 is 2.63 bits per heavy atom. The van der Waals surface area contributed by atoms with E-state index in [-0.39, 0.29) is 36.1 Å². The minimum atomic E-state index is -0.708. The molecular formula is C22H36O5. The third kappa shape index (κ3) is 3.58. The molecule has 0 saturated heterocycles. The molecule has 3 rings (SSSR count). The number of fused-ring (bicyclic) bond motifs is 3. The van der Waals surface area contributed by atoms with Crippen LogP contribution in [0.15, 0.2) is 11.6 Å². The van der Waals surface area contributed by atoms with Gasteiger partial charge in [-0.1, -0.05) is 32.4 Å². The number of allylic oxidation sites excluding steroid dienone is 1. The minimum absolute atomic E-state index is 0.0264. The summed E-state index contributed by atoms with van der Waals surface area (Å²) in [4.78, 5) is 11.1. The van der Waals surface area contributed by atoms with E-state index in [1.165, 1.54) is 12.5 Å². The lowest BCUT2D eigenvalue weighted by atomic mass is 9.44. The molecule has 0 amide bonds. The second kappa shape index (κ2) is 7.16. The monoisotopic (exact) mass is 380 g/mol. The zero-order valence-electron chi connectivity index (χ0n) is 17.2. The Hall–Kier alpha value is -0.910. The fourth-order valence-corrected chi connectivity index (χ4v) is 6.63. The number of hydrogen-bond donors (Lipinski definition) is 3. The molecule has 2 fully saturated rings. The van der Waals surface area contributed by atoms with Crippen LogP contribution in [0.2, 0.25) is 0 Å². The number of carbonyl (C=O) groups excluding carboxylic acids is 1. The highest BCUT2D eigenvalue weighted by molar-refractivity contribution is 5.65. The van der Waals surface area contributed by atoms with Gasteiger partial charge in [-0.15, -0.1) is 0 Å². The molecule has 154 valence electrons. The molecule has 4 unspecified atom stereocenters. The van der Waals surface area contributed by atoms with Gasteiger partial charge >= 0.3 is 5.97 Å². The number of aliphatic hydroxyl groups is 3. The summed E-state index contributed by atoms with van der Waals surface area (Å²) in [7, 11) is 0. The molecule has 27 heavy (non-hydrogen) atoms. The zero-order chi connectivity index (χ0) is 20.0. The first-order valence-electron chi connectivity index (χ1n) is 10.4. The van der Waals surface area contributed by atoms with Crippen molar-refractivity contribution in [3.63, 3.8) is 0 Å². The molecule has 0 radical (unpaired) electrons. The number of rotatable bonds is 4. The van der Waals surface area contributed by atoms with Gasteiger partial charge < -0.3 is 20.1 Å². The predicted octanol–water partition coefficient (Wildman–Crippen LogP) is 2.82. The van der Waals surface area contributed by atoms with Gasteiger partial charge in [0.05, 0.1) is 12.2 Å². The number of carbonyl (C=O) groups is 1. The molecule has 0 heterocycles. The molecule has 3 aliphatic carbocycles. The van der Waals surface area contributed by atoms with Crippen molar-refractivity contribution >= 4 is 5.97 Å². The van der Waals surface area contributed by atoms with Gasteiger partial charge in [0.25, 0.3) is 0 Å². The molecular weight excluding hydrogens is 344 g/mol. The quantitative estimate of drug-likeness (QED) is 0.516. The van der Waals surface area contributed by atoms with E-state index in [0.717, 1.165) is 32.1 Å². The van der Waals surface area contributed by atoms with Gasteiger partial charge in [0.1, 0.15) is 6.61 Å². The van der Waals surface area contributed by atoms with Gasteiger partial charge in [-0.25, -0.2) is 0 Å². The molecule has 0 aromatic heterocycles. The first-order chi connectivity index (χ1) is 12.5. The molecule has 5 nitrogen and oxygen atoms in total. The average molecular weight is 381 g/mol. The highest BCUT2D eigenvalue weighted by atomic mass is 16.5. The van der Waals surface area contributed by atoms with Crippen molar-refractivity contribution in [2.75, 3.05) is 13.2 Å². The minimum Gasteiger partial charge on any atom is -0.463 e. The third-order valence-corrected chi connectivity index (χ3v) is 8.03. The Morgan fingerprint density at radius 2 is 2.00 bits per heavy atom. The summed E-state index contributed by atoms with van der Waals surface area (Å²) >= 11 is 0. The largest absolute Gasteiger partial charge is 0.463 e. The van der Waals surface area contributed by atoms with E-state index in [2.05, 4.69) is 19.9 Å². The van der Waals surface area contributed by atoms with Gasteiger partial charge in [0.15, 0.2) is 0 Å². The molecule has 0 spiro atoms. The summed E-state index contributed by atoms with van der Waals surface area (Å²) < 4.78 is 5.04. The predicted molar refractivity (Wildman–Crippen MR) is 103 cm³/mol. The highest BCUT2D eigenvalue weighted by Gasteiger charge is 2.58. The van der Waals surface area contributed by atoms with Gasteiger partial charge in [-0.3, -0.25) is 4.79 Å². The van der Waals surface area contributed by atoms with Crippen LogP contribution in [-0.4, -0.2) is 46.7 Å². The second-order valence-corrected chi connectivity index (χ2v) is 10.1. The number of hydrogen-bond acceptors (Lipinski definition) is 5. The van der Waals surface area contributed by atoms with Crippen molar-refractivity contribution in [1.29, 1.82) is 0 Å². The molecule has 7 atom stereocenters. The Kier molecular flexibility index (Phi) is 5.52. The van der Waals surface area contributed by atoms with Crippen molar-refractivity contribution in [2.45, 2.75) is 78.4 Å². The van der Waals surface area contributed by atoms with Crippen LogP contribution in [0.25, 0.3) is 0 Å². The van der Waals surface area contributed by atoms with Crippen LogP contribution >= 0.6 is 0 Å². The van der Waals surface area contributed by atoms with Crippen molar-refractivity contribution in [2.24, 2.45) is 28.1 Å². The standard InChI is InChI=1S/C22H36O5/c1-14(24)27-12-19(26)20(2)8-7-17-15(9-20)5-6-18-21(3,13-23)10-16(25)11-22(17,18)4/h9,16-19,23,25-26H,5-8,10-13H2,1-4H3/t16-,17?,18?,19?,20+,21+,22?/m1/s1. The summed E-state index contributed by atoms with van der Waals surface area (Å²) in [5.41, 5.74) is 0.728. The van der Waals surface area contributed by atoms with Crippen LogP contribution in [0.1, 0.15) is 66.2 Å². The fraction of sp³-hybridized carbons (Fsp3) is 0.864. The zero-order valence-corrected chi connectivity index (χ0v) is 17.2. The molecule has 0 aromatic carbocycles. The lowest BCUT2D eigenvalue weighted by Gasteiger charge is -2.61. The molecule has 3 aliphatic rings.